The second kappa shape index (κ2) is 6.21. The summed E-state index contributed by atoms with van der Waals surface area (Å²) in [5.74, 6) is -4.33. The van der Waals surface area contributed by atoms with E-state index in [0.717, 1.165) is 6.20 Å². The monoisotopic (exact) mass is 297 g/mol. The zero-order valence-corrected chi connectivity index (χ0v) is 10.9. The summed E-state index contributed by atoms with van der Waals surface area (Å²) in [6.07, 6.45) is 2.59. The molecule has 5 nitrogen and oxygen atoms in total. The van der Waals surface area contributed by atoms with Crippen molar-refractivity contribution in [2.45, 2.75) is 13.3 Å². The number of aromatic nitrogens is 2. The van der Waals surface area contributed by atoms with Gasteiger partial charge in [0, 0.05) is 18.6 Å². The van der Waals surface area contributed by atoms with E-state index in [1.54, 1.807) is 6.92 Å². The predicted octanol–water partition coefficient (Wildman–Crippen LogP) is 3.03. The third kappa shape index (κ3) is 3.68. The lowest BCUT2D eigenvalue weighted by Crippen LogP contribution is -2.10. The number of hydrogen-bond acceptors (Lipinski definition) is 4. The van der Waals surface area contributed by atoms with Gasteiger partial charge in [0.2, 0.25) is 11.8 Å². The number of hydrogen-bond donors (Lipinski definition) is 1. The molecule has 2 rings (SSSR count). The Morgan fingerprint density at radius 3 is 2.48 bits per heavy atom. The van der Waals surface area contributed by atoms with Crippen LogP contribution in [-0.2, 0) is 4.79 Å². The Labute approximate surface area is 117 Å². The molecule has 0 aliphatic carbocycles. The molecule has 1 heterocycles. The molecule has 1 aromatic carbocycles. The summed E-state index contributed by atoms with van der Waals surface area (Å²) in [4.78, 5) is 18.7. The summed E-state index contributed by atoms with van der Waals surface area (Å²) in [7, 11) is 0. The SMILES string of the molecule is CCC(=O)Nc1cnc(Oc2cc(F)c(F)cc2F)cn1. The average molecular weight is 297 g/mol. The van der Waals surface area contributed by atoms with Gasteiger partial charge in [0.25, 0.3) is 0 Å². The molecule has 0 radical (unpaired) electrons. The highest BCUT2D eigenvalue weighted by Gasteiger charge is 2.12. The van der Waals surface area contributed by atoms with Crippen LogP contribution < -0.4 is 10.1 Å². The minimum atomic E-state index is -1.32. The molecule has 0 aliphatic heterocycles. The van der Waals surface area contributed by atoms with E-state index in [1.807, 2.05) is 0 Å². The Morgan fingerprint density at radius 2 is 1.86 bits per heavy atom. The highest BCUT2D eigenvalue weighted by atomic mass is 19.2. The molecule has 8 heteroatoms. The van der Waals surface area contributed by atoms with E-state index >= 15 is 0 Å². The highest BCUT2D eigenvalue weighted by Crippen LogP contribution is 2.25. The third-order valence-electron chi connectivity index (χ3n) is 2.41. The number of benzene rings is 1. The molecular formula is C13H10F3N3O2. The molecule has 110 valence electrons. The summed E-state index contributed by atoms with van der Waals surface area (Å²) in [5.41, 5.74) is 0. The van der Waals surface area contributed by atoms with Gasteiger partial charge in [-0.1, -0.05) is 6.92 Å². The van der Waals surface area contributed by atoms with Crippen LogP contribution in [0, 0.1) is 17.5 Å². The first-order chi connectivity index (χ1) is 9.99. The minimum Gasteiger partial charge on any atom is -0.434 e. The van der Waals surface area contributed by atoms with E-state index in [4.69, 9.17) is 4.74 Å². The zero-order chi connectivity index (χ0) is 15.4. The van der Waals surface area contributed by atoms with E-state index in [2.05, 4.69) is 15.3 Å². The van der Waals surface area contributed by atoms with Gasteiger partial charge in [-0.15, -0.1) is 0 Å². The molecule has 0 saturated heterocycles. The standard InChI is InChI=1S/C13H10F3N3O2/c1-2-12(20)19-11-5-18-13(6-17-11)21-10-4-8(15)7(14)3-9(10)16/h3-6H,2H2,1H3,(H,17,19,20). The fraction of sp³-hybridized carbons (Fsp3) is 0.154. The normalized spacial score (nSPS) is 10.3. The molecule has 2 aromatic rings. The van der Waals surface area contributed by atoms with Gasteiger partial charge in [0.05, 0.1) is 12.4 Å². The molecule has 0 fully saturated rings. The molecule has 0 unspecified atom stereocenters. The lowest BCUT2D eigenvalue weighted by Gasteiger charge is -2.07. The second-order valence-electron chi connectivity index (χ2n) is 3.94. The van der Waals surface area contributed by atoms with Crippen LogP contribution in [0.4, 0.5) is 19.0 Å². The van der Waals surface area contributed by atoms with Gasteiger partial charge in [-0.05, 0) is 0 Å². The van der Waals surface area contributed by atoms with Crippen LogP contribution in [0.3, 0.4) is 0 Å². The fourth-order valence-electron chi connectivity index (χ4n) is 1.36. The Kier molecular flexibility index (Phi) is 4.36. The smallest absolute Gasteiger partial charge is 0.238 e. The zero-order valence-electron chi connectivity index (χ0n) is 10.9. The first-order valence-electron chi connectivity index (χ1n) is 5.94. The lowest BCUT2D eigenvalue weighted by molar-refractivity contribution is -0.115. The van der Waals surface area contributed by atoms with Crippen molar-refractivity contribution >= 4 is 11.7 Å². The van der Waals surface area contributed by atoms with Gasteiger partial charge in [0.1, 0.15) is 0 Å². The van der Waals surface area contributed by atoms with E-state index < -0.39 is 23.2 Å². The van der Waals surface area contributed by atoms with Crippen molar-refractivity contribution in [2.75, 3.05) is 5.32 Å². The fourth-order valence-corrected chi connectivity index (χ4v) is 1.36. The lowest BCUT2D eigenvalue weighted by atomic mass is 10.3. The van der Waals surface area contributed by atoms with Crippen molar-refractivity contribution < 1.29 is 22.7 Å². The van der Waals surface area contributed by atoms with Gasteiger partial charge in [-0.3, -0.25) is 4.79 Å². The number of amides is 1. The molecule has 21 heavy (non-hydrogen) atoms. The number of carbonyl (C=O) groups is 1. The van der Waals surface area contributed by atoms with Crippen LogP contribution in [0.1, 0.15) is 13.3 Å². The Morgan fingerprint density at radius 1 is 1.14 bits per heavy atom. The number of carbonyl (C=O) groups excluding carboxylic acids is 1. The summed E-state index contributed by atoms with van der Waals surface area (Å²) < 4.78 is 44.1. The predicted molar refractivity (Wildman–Crippen MR) is 67.3 cm³/mol. The number of anilines is 1. The number of nitrogens with zero attached hydrogens (tertiary/aromatic N) is 2. The largest absolute Gasteiger partial charge is 0.434 e. The van der Waals surface area contributed by atoms with Crippen molar-refractivity contribution in [3.05, 3.63) is 42.0 Å². The maximum Gasteiger partial charge on any atom is 0.238 e. The van der Waals surface area contributed by atoms with Gasteiger partial charge >= 0.3 is 0 Å². The Balaban J connectivity index is 2.13. The number of halogens is 3. The summed E-state index contributed by atoms with van der Waals surface area (Å²) >= 11 is 0. The molecule has 0 atom stereocenters. The highest BCUT2D eigenvalue weighted by molar-refractivity contribution is 5.89. The first-order valence-corrected chi connectivity index (χ1v) is 5.94. The molecule has 1 aromatic heterocycles. The van der Waals surface area contributed by atoms with Crippen LogP contribution in [-0.4, -0.2) is 15.9 Å². The maximum absolute atomic E-state index is 13.4. The van der Waals surface area contributed by atoms with Crippen molar-refractivity contribution in [3.8, 4) is 11.6 Å². The van der Waals surface area contributed by atoms with Crippen molar-refractivity contribution in [1.29, 1.82) is 0 Å². The molecule has 0 bridgehead atoms. The second-order valence-corrected chi connectivity index (χ2v) is 3.94. The molecule has 1 N–H and O–H groups in total. The van der Waals surface area contributed by atoms with Gasteiger partial charge in [0.15, 0.2) is 29.0 Å². The summed E-state index contributed by atoms with van der Waals surface area (Å²) in [5, 5.41) is 2.46. The summed E-state index contributed by atoms with van der Waals surface area (Å²) in [6.45, 7) is 1.67. The molecule has 1 amide bonds. The first kappa shape index (κ1) is 14.8. The van der Waals surface area contributed by atoms with Crippen LogP contribution in [0.25, 0.3) is 0 Å². The number of ether oxygens (including phenoxy) is 1. The van der Waals surface area contributed by atoms with Crippen molar-refractivity contribution in [1.82, 2.24) is 9.97 Å². The Hall–Kier alpha value is -2.64. The third-order valence-corrected chi connectivity index (χ3v) is 2.41. The number of nitrogens with one attached hydrogen (secondary N) is 1. The topological polar surface area (TPSA) is 64.1 Å². The quantitative estimate of drug-likeness (QED) is 0.881. The molecule has 0 spiro atoms. The van der Waals surface area contributed by atoms with E-state index in [-0.39, 0.29) is 24.0 Å². The Bertz CT molecular complexity index is 662. The van der Waals surface area contributed by atoms with Gasteiger partial charge in [-0.25, -0.2) is 23.1 Å². The molecular weight excluding hydrogens is 287 g/mol. The average Bonchev–Trinajstić information content (AvgIpc) is 2.46. The van der Waals surface area contributed by atoms with Gasteiger partial charge < -0.3 is 10.1 Å². The van der Waals surface area contributed by atoms with Crippen LogP contribution in [0.5, 0.6) is 11.6 Å². The van der Waals surface area contributed by atoms with Crippen LogP contribution in [0.2, 0.25) is 0 Å². The molecule has 0 saturated carbocycles. The van der Waals surface area contributed by atoms with E-state index in [9.17, 15) is 18.0 Å². The summed E-state index contributed by atoms with van der Waals surface area (Å²) in [6, 6.07) is 0.938. The van der Waals surface area contributed by atoms with E-state index in [1.165, 1.54) is 6.20 Å². The van der Waals surface area contributed by atoms with Crippen LogP contribution in [0.15, 0.2) is 24.5 Å². The minimum absolute atomic E-state index is 0.130. The van der Waals surface area contributed by atoms with Crippen molar-refractivity contribution in [3.63, 3.8) is 0 Å². The van der Waals surface area contributed by atoms with E-state index in [0.29, 0.717) is 12.1 Å². The molecule has 0 aliphatic rings. The maximum atomic E-state index is 13.4. The van der Waals surface area contributed by atoms with Crippen LogP contribution >= 0.6 is 0 Å². The van der Waals surface area contributed by atoms with Gasteiger partial charge in [-0.2, -0.15) is 0 Å². The van der Waals surface area contributed by atoms with Crippen molar-refractivity contribution in [2.24, 2.45) is 0 Å². The number of rotatable bonds is 4.